The van der Waals surface area contributed by atoms with E-state index in [9.17, 15) is 14.9 Å². The minimum atomic E-state index is -0.494. The van der Waals surface area contributed by atoms with Gasteiger partial charge in [0.15, 0.2) is 0 Å². The largest absolute Gasteiger partial charge is 0.380 e. The molecule has 0 atom stereocenters. The molecule has 1 fully saturated rings. The van der Waals surface area contributed by atoms with Crippen LogP contribution in [0.3, 0.4) is 0 Å². The van der Waals surface area contributed by atoms with E-state index in [2.05, 4.69) is 10.6 Å². The Bertz CT molecular complexity index is 826. The number of nitrogens with zero attached hydrogens (tertiary/aromatic N) is 2. The molecule has 9 heteroatoms. The van der Waals surface area contributed by atoms with Crippen LogP contribution in [0.2, 0.25) is 5.02 Å². The van der Waals surface area contributed by atoms with Crippen molar-refractivity contribution in [2.45, 2.75) is 6.54 Å². The van der Waals surface area contributed by atoms with Crippen molar-refractivity contribution in [1.29, 1.82) is 0 Å². The van der Waals surface area contributed by atoms with E-state index in [4.69, 9.17) is 11.6 Å². The molecule has 0 radical (unpaired) electrons. The number of amides is 1. The van der Waals surface area contributed by atoms with Gasteiger partial charge in [0.05, 0.1) is 10.5 Å². The van der Waals surface area contributed by atoms with E-state index in [0.717, 1.165) is 5.56 Å². The Balaban J connectivity index is 0.00000261. The Labute approximate surface area is 168 Å². The lowest BCUT2D eigenvalue weighted by Gasteiger charge is -2.28. The molecular formula is C18H20Cl2N4O3. The number of nitro benzene ring substituents is 1. The van der Waals surface area contributed by atoms with Crippen molar-refractivity contribution in [2.24, 2.45) is 0 Å². The maximum atomic E-state index is 12.9. The first kappa shape index (κ1) is 21.0. The zero-order chi connectivity index (χ0) is 18.5. The molecule has 1 amide bonds. The third-order valence-corrected chi connectivity index (χ3v) is 4.64. The van der Waals surface area contributed by atoms with Gasteiger partial charge < -0.3 is 15.5 Å². The molecule has 1 aliphatic rings. The number of nitrogens with one attached hydrogen (secondary N) is 2. The summed E-state index contributed by atoms with van der Waals surface area (Å²) in [4.78, 5) is 25.2. The second kappa shape index (κ2) is 9.55. The monoisotopic (exact) mass is 410 g/mol. The molecule has 2 N–H and O–H groups in total. The second-order valence-corrected chi connectivity index (χ2v) is 6.38. The number of carbonyl (C=O) groups excluding carboxylic acids is 1. The molecule has 3 rings (SSSR count). The van der Waals surface area contributed by atoms with E-state index >= 15 is 0 Å². The van der Waals surface area contributed by atoms with E-state index in [1.807, 2.05) is 18.2 Å². The fourth-order valence-electron chi connectivity index (χ4n) is 2.85. The molecule has 1 heterocycles. The maximum Gasteiger partial charge on any atom is 0.270 e. The minimum Gasteiger partial charge on any atom is -0.380 e. The first-order valence-electron chi connectivity index (χ1n) is 8.32. The van der Waals surface area contributed by atoms with Gasteiger partial charge in [-0.1, -0.05) is 29.8 Å². The van der Waals surface area contributed by atoms with E-state index in [1.54, 1.807) is 17.0 Å². The van der Waals surface area contributed by atoms with Gasteiger partial charge in [0.1, 0.15) is 0 Å². The molecule has 2 aromatic rings. The van der Waals surface area contributed by atoms with Crippen LogP contribution in [0.4, 0.5) is 11.4 Å². The third kappa shape index (κ3) is 5.09. The first-order chi connectivity index (χ1) is 12.6. The fraction of sp³-hybridized carbons (Fsp3) is 0.278. The van der Waals surface area contributed by atoms with Gasteiger partial charge in [0.25, 0.3) is 11.6 Å². The van der Waals surface area contributed by atoms with E-state index in [1.165, 1.54) is 12.1 Å². The second-order valence-electron chi connectivity index (χ2n) is 5.97. The molecule has 2 aromatic carbocycles. The summed E-state index contributed by atoms with van der Waals surface area (Å²) in [5, 5.41) is 18.1. The smallest absolute Gasteiger partial charge is 0.270 e. The Morgan fingerprint density at radius 3 is 2.59 bits per heavy atom. The van der Waals surface area contributed by atoms with Gasteiger partial charge in [-0.2, -0.15) is 0 Å². The summed E-state index contributed by atoms with van der Waals surface area (Å²) in [7, 11) is 0. The number of anilines is 1. The van der Waals surface area contributed by atoms with Crippen LogP contribution in [0.5, 0.6) is 0 Å². The zero-order valence-corrected chi connectivity index (χ0v) is 16.1. The Kier molecular flexibility index (Phi) is 7.41. The van der Waals surface area contributed by atoms with Crippen molar-refractivity contribution in [2.75, 3.05) is 31.5 Å². The van der Waals surface area contributed by atoms with Crippen LogP contribution in [0.1, 0.15) is 15.9 Å². The quantitative estimate of drug-likeness (QED) is 0.582. The molecule has 0 bridgehead atoms. The van der Waals surface area contributed by atoms with Crippen molar-refractivity contribution >= 4 is 41.3 Å². The van der Waals surface area contributed by atoms with Crippen molar-refractivity contribution < 1.29 is 9.72 Å². The highest BCUT2D eigenvalue weighted by Gasteiger charge is 2.23. The molecule has 0 spiro atoms. The fourth-order valence-corrected chi connectivity index (χ4v) is 3.05. The lowest BCUT2D eigenvalue weighted by atomic mass is 10.1. The molecule has 0 aromatic heterocycles. The predicted octanol–water partition coefficient (Wildman–Crippen LogP) is 3.33. The van der Waals surface area contributed by atoms with Crippen LogP contribution in [0.25, 0.3) is 0 Å². The summed E-state index contributed by atoms with van der Waals surface area (Å²) >= 11 is 6.17. The lowest BCUT2D eigenvalue weighted by molar-refractivity contribution is -0.384. The summed E-state index contributed by atoms with van der Waals surface area (Å²) in [5.41, 5.74) is 1.63. The van der Waals surface area contributed by atoms with Crippen LogP contribution in [-0.4, -0.2) is 41.9 Å². The van der Waals surface area contributed by atoms with Crippen LogP contribution in [0.15, 0.2) is 42.5 Å². The highest BCUT2D eigenvalue weighted by Crippen LogP contribution is 2.25. The van der Waals surface area contributed by atoms with Gasteiger partial charge in [-0.15, -0.1) is 12.4 Å². The lowest BCUT2D eigenvalue weighted by Crippen LogP contribution is -2.46. The normalized spacial score (nSPS) is 13.6. The molecule has 0 aliphatic carbocycles. The Morgan fingerprint density at radius 2 is 1.93 bits per heavy atom. The number of benzene rings is 2. The number of rotatable bonds is 5. The average Bonchev–Trinajstić information content (AvgIpc) is 2.67. The van der Waals surface area contributed by atoms with E-state index in [-0.39, 0.29) is 24.0 Å². The molecule has 7 nitrogen and oxygen atoms in total. The van der Waals surface area contributed by atoms with Gasteiger partial charge in [-0.05, 0) is 17.7 Å². The SMILES string of the molecule is Cl.O=C(c1cc([N+](=O)[O-])ccc1NCc1ccccc1Cl)N1CCNCC1. The van der Waals surface area contributed by atoms with Gasteiger partial charge in [0.2, 0.25) is 0 Å². The summed E-state index contributed by atoms with van der Waals surface area (Å²) in [6.07, 6.45) is 0. The van der Waals surface area contributed by atoms with Crippen LogP contribution >= 0.6 is 24.0 Å². The van der Waals surface area contributed by atoms with Gasteiger partial charge in [-0.3, -0.25) is 14.9 Å². The van der Waals surface area contributed by atoms with E-state index in [0.29, 0.717) is 49.0 Å². The first-order valence-corrected chi connectivity index (χ1v) is 8.70. The van der Waals surface area contributed by atoms with Crippen LogP contribution in [0, 0.1) is 10.1 Å². The molecule has 144 valence electrons. The zero-order valence-electron chi connectivity index (χ0n) is 14.5. The topological polar surface area (TPSA) is 87.5 Å². The third-order valence-electron chi connectivity index (χ3n) is 4.28. The van der Waals surface area contributed by atoms with Gasteiger partial charge in [0, 0.05) is 55.6 Å². The van der Waals surface area contributed by atoms with Crippen molar-refractivity contribution in [1.82, 2.24) is 10.2 Å². The van der Waals surface area contributed by atoms with Crippen LogP contribution in [-0.2, 0) is 6.54 Å². The molecule has 1 aliphatic heterocycles. The molecule has 0 unspecified atom stereocenters. The minimum absolute atomic E-state index is 0. The van der Waals surface area contributed by atoms with Crippen molar-refractivity contribution in [3.8, 4) is 0 Å². The number of carbonyl (C=O) groups is 1. The van der Waals surface area contributed by atoms with Gasteiger partial charge in [-0.25, -0.2) is 0 Å². The molecule has 0 saturated carbocycles. The van der Waals surface area contributed by atoms with E-state index < -0.39 is 4.92 Å². The van der Waals surface area contributed by atoms with Crippen molar-refractivity contribution in [3.63, 3.8) is 0 Å². The maximum absolute atomic E-state index is 12.9. The molecular weight excluding hydrogens is 391 g/mol. The van der Waals surface area contributed by atoms with Gasteiger partial charge >= 0.3 is 0 Å². The number of hydrogen-bond donors (Lipinski definition) is 2. The summed E-state index contributed by atoms with van der Waals surface area (Å²) in [6, 6.07) is 11.7. The van der Waals surface area contributed by atoms with Crippen molar-refractivity contribution in [3.05, 3.63) is 68.7 Å². The highest BCUT2D eigenvalue weighted by molar-refractivity contribution is 6.31. The summed E-state index contributed by atoms with van der Waals surface area (Å²) in [5.74, 6) is -0.211. The average molecular weight is 411 g/mol. The Hall–Kier alpha value is -2.35. The molecule has 27 heavy (non-hydrogen) atoms. The van der Waals surface area contributed by atoms with Crippen LogP contribution < -0.4 is 10.6 Å². The summed E-state index contributed by atoms with van der Waals surface area (Å²) in [6.45, 7) is 2.99. The Morgan fingerprint density at radius 1 is 1.22 bits per heavy atom. The highest BCUT2D eigenvalue weighted by atomic mass is 35.5. The number of nitro groups is 1. The number of non-ortho nitro benzene ring substituents is 1. The molecule has 1 saturated heterocycles. The number of hydrogen-bond acceptors (Lipinski definition) is 5. The predicted molar refractivity (Wildman–Crippen MR) is 108 cm³/mol. The number of piperazine rings is 1. The standard InChI is InChI=1S/C18H19ClN4O3.ClH/c19-16-4-2-1-3-13(16)12-21-17-6-5-14(23(25)26)11-15(17)18(24)22-9-7-20-8-10-22;/h1-6,11,20-21H,7-10,12H2;1H. The number of halogens is 2. The summed E-state index contributed by atoms with van der Waals surface area (Å²) < 4.78 is 0.